The lowest BCUT2D eigenvalue weighted by Gasteiger charge is -2.15. The standard InChI is InChI=1S/C17H23N3OS/c1-5-9-18-16(21)14(4)22-17-19-10-11-20(17)15-8-6-7-12(2)13(15)3/h6-8,10-11,14H,5,9H2,1-4H3,(H,18,21). The number of hydrogen-bond donors (Lipinski definition) is 1. The van der Waals surface area contributed by atoms with Crippen molar-refractivity contribution in [1.82, 2.24) is 14.9 Å². The van der Waals surface area contributed by atoms with Crippen LogP contribution in [0.4, 0.5) is 0 Å². The zero-order valence-electron chi connectivity index (χ0n) is 13.6. The molecule has 0 saturated carbocycles. The largest absolute Gasteiger partial charge is 0.355 e. The van der Waals surface area contributed by atoms with Crippen molar-refractivity contribution in [3.8, 4) is 5.69 Å². The van der Waals surface area contributed by atoms with Gasteiger partial charge in [-0.15, -0.1) is 0 Å². The van der Waals surface area contributed by atoms with Crippen molar-refractivity contribution in [3.05, 3.63) is 41.7 Å². The molecule has 0 saturated heterocycles. The summed E-state index contributed by atoms with van der Waals surface area (Å²) in [6.45, 7) is 8.89. The van der Waals surface area contributed by atoms with E-state index >= 15 is 0 Å². The molecule has 0 spiro atoms. The molecule has 0 aliphatic heterocycles. The minimum Gasteiger partial charge on any atom is -0.355 e. The first-order valence-electron chi connectivity index (χ1n) is 7.59. The summed E-state index contributed by atoms with van der Waals surface area (Å²) in [6.07, 6.45) is 4.67. The fourth-order valence-corrected chi connectivity index (χ4v) is 3.06. The summed E-state index contributed by atoms with van der Waals surface area (Å²) in [4.78, 5) is 16.4. The van der Waals surface area contributed by atoms with Gasteiger partial charge in [-0.05, 0) is 44.4 Å². The van der Waals surface area contributed by atoms with E-state index in [1.54, 1.807) is 6.20 Å². The fourth-order valence-electron chi connectivity index (χ4n) is 2.16. The maximum absolute atomic E-state index is 12.0. The van der Waals surface area contributed by atoms with Crippen molar-refractivity contribution in [2.24, 2.45) is 0 Å². The van der Waals surface area contributed by atoms with E-state index in [9.17, 15) is 4.79 Å². The first-order chi connectivity index (χ1) is 10.5. The van der Waals surface area contributed by atoms with Crippen molar-refractivity contribution in [1.29, 1.82) is 0 Å². The Bertz CT molecular complexity index is 651. The monoisotopic (exact) mass is 317 g/mol. The van der Waals surface area contributed by atoms with Gasteiger partial charge >= 0.3 is 0 Å². The Kier molecular flexibility index (Phi) is 5.66. The summed E-state index contributed by atoms with van der Waals surface area (Å²) in [5.74, 6) is 0.0577. The third-order valence-corrected chi connectivity index (χ3v) is 4.72. The second-order valence-electron chi connectivity index (χ2n) is 5.35. The molecule has 4 nitrogen and oxygen atoms in total. The molecule has 5 heteroatoms. The highest BCUT2D eigenvalue weighted by Gasteiger charge is 2.17. The highest BCUT2D eigenvalue weighted by Crippen LogP contribution is 2.27. The Morgan fingerprint density at radius 1 is 1.41 bits per heavy atom. The molecule has 1 unspecified atom stereocenters. The Morgan fingerprint density at radius 3 is 2.91 bits per heavy atom. The SMILES string of the molecule is CCCNC(=O)C(C)Sc1nccn1-c1cccc(C)c1C. The average Bonchev–Trinajstić information content (AvgIpc) is 2.95. The molecule has 0 radical (unpaired) electrons. The van der Waals surface area contributed by atoms with Gasteiger partial charge < -0.3 is 5.32 Å². The lowest BCUT2D eigenvalue weighted by molar-refractivity contribution is -0.120. The highest BCUT2D eigenvalue weighted by molar-refractivity contribution is 8.00. The first kappa shape index (κ1) is 16.6. The summed E-state index contributed by atoms with van der Waals surface area (Å²) in [5, 5.41) is 3.60. The van der Waals surface area contributed by atoms with E-state index in [1.165, 1.54) is 22.9 Å². The van der Waals surface area contributed by atoms with Gasteiger partial charge in [0.15, 0.2) is 5.16 Å². The summed E-state index contributed by atoms with van der Waals surface area (Å²) in [7, 11) is 0. The smallest absolute Gasteiger partial charge is 0.233 e. The molecule has 118 valence electrons. The number of benzene rings is 1. The molecular formula is C17H23N3OS. The number of carbonyl (C=O) groups excluding carboxylic acids is 1. The van der Waals surface area contributed by atoms with Crippen LogP contribution in [0, 0.1) is 13.8 Å². The Hall–Kier alpha value is -1.75. The highest BCUT2D eigenvalue weighted by atomic mass is 32.2. The molecule has 22 heavy (non-hydrogen) atoms. The Labute approximate surface area is 136 Å². The number of hydrogen-bond acceptors (Lipinski definition) is 3. The minimum absolute atomic E-state index is 0.0577. The van der Waals surface area contributed by atoms with E-state index in [-0.39, 0.29) is 11.2 Å². The third kappa shape index (κ3) is 3.71. The quantitative estimate of drug-likeness (QED) is 0.830. The van der Waals surface area contributed by atoms with Crippen LogP contribution in [-0.2, 0) is 4.79 Å². The van der Waals surface area contributed by atoms with Crippen molar-refractivity contribution in [2.45, 2.75) is 44.5 Å². The van der Waals surface area contributed by atoms with E-state index in [0.717, 1.165) is 23.8 Å². The third-order valence-electron chi connectivity index (χ3n) is 3.64. The van der Waals surface area contributed by atoms with Gasteiger partial charge in [0, 0.05) is 18.9 Å². The van der Waals surface area contributed by atoms with Crippen molar-refractivity contribution < 1.29 is 4.79 Å². The van der Waals surface area contributed by atoms with Gasteiger partial charge in [-0.25, -0.2) is 4.98 Å². The van der Waals surface area contributed by atoms with Gasteiger partial charge in [-0.1, -0.05) is 30.8 Å². The maximum atomic E-state index is 12.0. The molecule has 1 heterocycles. The van der Waals surface area contributed by atoms with Crippen molar-refractivity contribution in [2.75, 3.05) is 6.54 Å². The molecule has 1 aromatic carbocycles. The van der Waals surface area contributed by atoms with Crippen LogP contribution in [0.3, 0.4) is 0 Å². The number of thioether (sulfide) groups is 1. The van der Waals surface area contributed by atoms with Gasteiger partial charge in [0.25, 0.3) is 0 Å². The van der Waals surface area contributed by atoms with Crippen LogP contribution in [0.1, 0.15) is 31.4 Å². The lowest BCUT2D eigenvalue weighted by atomic mass is 10.1. The molecule has 0 fully saturated rings. The number of aromatic nitrogens is 2. The van der Waals surface area contributed by atoms with Crippen molar-refractivity contribution >= 4 is 17.7 Å². The first-order valence-corrected chi connectivity index (χ1v) is 8.46. The second-order valence-corrected chi connectivity index (χ2v) is 6.66. The van der Waals surface area contributed by atoms with Gasteiger partial charge in [0.2, 0.25) is 5.91 Å². The van der Waals surface area contributed by atoms with Crippen LogP contribution in [0.2, 0.25) is 0 Å². The van der Waals surface area contributed by atoms with Gasteiger partial charge in [0.05, 0.1) is 10.9 Å². The average molecular weight is 317 g/mol. The molecule has 0 bridgehead atoms. The van der Waals surface area contributed by atoms with E-state index < -0.39 is 0 Å². The van der Waals surface area contributed by atoms with Gasteiger partial charge in [0.1, 0.15) is 0 Å². The number of amides is 1. The van der Waals surface area contributed by atoms with Crippen LogP contribution in [-0.4, -0.2) is 27.3 Å². The fraction of sp³-hybridized carbons (Fsp3) is 0.412. The summed E-state index contributed by atoms with van der Waals surface area (Å²) >= 11 is 1.48. The Morgan fingerprint density at radius 2 is 2.18 bits per heavy atom. The second kappa shape index (κ2) is 7.49. The molecule has 2 rings (SSSR count). The van der Waals surface area contributed by atoms with E-state index in [2.05, 4.69) is 40.8 Å². The zero-order valence-corrected chi connectivity index (χ0v) is 14.4. The topological polar surface area (TPSA) is 46.9 Å². The predicted molar refractivity (Wildman–Crippen MR) is 91.7 cm³/mol. The maximum Gasteiger partial charge on any atom is 0.233 e. The number of nitrogens with zero attached hydrogens (tertiary/aromatic N) is 2. The zero-order chi connectivity index (χ0) is 16.1. The molecule has 1 amide bonds. The summed E-state index contributed by atoms with van der Waals surface area (Å²) in [5.41, 5.74) is 3.59. The molecule has 2 aromatic rings. The Balaban J connectivity index is 2.20. The predicted octanol–water partition coefficient (Wildman–Crippen LogP) is 3.50. The molecule has 1 aromatic heterocycles. The van der Waals surface area contributed by atoms with Crippen LogP contribution >= 0.6 is 11.8 Å². The van der Waals surface area contributed by atoms with Crippen LogP contribution in [0.25, 0.3) is 5.69 Å². The minimum atomic E-state index is -0.169. The van der Waals surface area contributed by atoms with Gasteiger partial charge in [-0.3, -0.25) is 9.36 Å². The number of rotatable bonds is 6. The number of imidazole rings is 1. The normalized spacial score (nSPS) is 12.2. The summed E-state index contributed by atoms with van der Waals surface area (Å²) < 4.78 is 2.05. The molecule has 1 N–H and O–H groups in total. The van der Waals surface area contributed by atoms with E-state index in [4.69, 9.17) is 0 Å². The molecule has 1 atom stereocenters. The van der Waals surface area contributed by atoms with E-state index in [1.807, 2.05) is 26.1 Å². The number of nitrogens with one attached hydrogen (secondary N) is 1. The van der Waals surface area contributed by atoms with Crippen LogP contribution in [0.5, 0.6) is 0 Å². The molecule has 0 aliphatic carbocycles. The number of carbonyl (C=O) groups is 1. The number of aryl methyl sites for hydroxylation is 1. The molecule has 0 aliphatic rings. The van der Waals surface area contributed by atoms with Gasteiger partial charge in [-0.2, -0.15) is 0 Å². The lowest BCUT2D eigenvalue weighted by Crippen LogP contribution is -2.31. The van der Waals surface area contributed by atoms with E-state index in [0.29, 0.717) is 0 Å². The van der Waals surface area contributed by atoms with Crippen LogP contribution in [0.15, 0.2) is 35.7 Å². The van der Waals surface area contributed by atoms with Crippen molar-refractivity contribution in [3.63, 3.8) is 0 Å². The molecular weight excluding hydrogens is 294 g/mol. The summed E-state index contributed by atoms with van der Waals surface area (Å²) in [6, 6.07) is 6.22. The van der Waals surface area contributed by atoms with Crippen LogP contribution < -0.4 is 5.32 Å².